The number of pyridine rings is 1. The smallest absolute Gasteiger partial charge is 0.373 e. The standard InChI is InChI=1S/C20H19N7O5/c21-16(28)10-23-19(29)15-4-2-8-26(15)18-17(27(30)31)20(25-11-24-18)32-13-5-6-14-12(9-13)3-1-7-22-14/h1,3,5-7,9,11,15H,2,4,8,10H2,(H2,21,28)(H,23,29)/t15-/m0/s1. The number of primary amides is 1. The van der Waals surface area contributed by atoms with Crippen LogP contribution >= 0.6 is 0 Å². The summed E-state index contributed by atoms with van der Waals surface area (Å²) in [7, 11) is 0. The second kappa shape index (κ2) is 8.79. The van der Waals surface area contributed by atoms with Crippen molar-refractivity contribution in [3.05, 3.63) is 53.0 Å². The number of carbonyl (C=O) groups is 2. The lowest BCUT2D eigenvalue weighted by molar-refractivity contribution is -0.385. The average Bonchev–Trinajstić information content (AvgIpc) is 3.27. The minimum Gasteiger partial charge on any atom is -0.434 e. The molecule has 1 aromatic carbocycles. The Balaban J connectivity index is 1.66. The minimum absolute atomic E-state index is 0.0285. The van der Waals surface area contributed by atoms with Crippen LogP contribution in [0.3, 0.4) is 0 Å². The predicted octanol–water partition coefficient (Wildman–Crippen LogP) is 1.30. The van der Waals surface area contributed by atoms with Gasteiger partial charge in [-0.25, -0.2) is 4.98 Å². The lowest BCUT2D eigenvalue weighted by atomic mass is 10.2. The zero-order valence-corrected chi connectivity index (χ0v) is 16.8. The van der Waals surface area contributed by atoms with Crippen molar-refractivity contribution < 1.29 is 19.2 Å². The third-order valence-corrected chi connectivity index (χ3v) is 5.01. The number of rotatable bonds is 7. The summed E-state index contributed by atoms with van der Waals surface area (Å²) >= 11 is 0. The molecule has 12 heteroatoms. The summed E-state index contributed by atoms with van der Waals surface area (Å²) < 4.78 is 5.74. The molecule has 3 heterocycles. The Kier molecular flexibility index (Phi) is 5.75. The van der Waals surface area contributed by atoms with Gasteiger partial charge < -0.3 is 20.7 Å². The van der Waals surface area contributed by atoms with E-state index in [-0.39, 0.29) is 18.2 Å². The maximum absolute atomic E-state index is 12.5. The van der Waals surface area contributed by atoms with E-state index in [1.54, 1.807) is 30.5 Å². The second-order valence-electron chi connectivity index (χ2n) is 7.10. The maximum Gasteiger partial charge on any atom is 0.373 e. The van der Waals surface area contributed by atoms with Crippen molar-refractivity contribution >= 4 is 34.2 Å². The van der Waals surface area contributed by atoms with Gasteiger partial charge in [-0.3, -0.25) is 24.7 Å². The molecule has 164 valence electrons. The van der Waals surface area contributed by atoms with Gasteiger partial charge in [0.1, 0.15) is 18.1 Å². The second-order valence-corrected chi connectivity index (χ2v) is 7.10. The van der Waals surface area contributed by atoms with Crippen LogP contribution in [0.1, 0.15) is 12.8 Å². The maximum atomic E-state index is 12.5. The first-order valence-electron chi connectivity index (χ1n) is 9.78. The molecule has 32 heavy (non-hydrogen) atoms. The molecule has 3 N–H and O–H groups in total. The van der Waals surface area contributed by atoms with Crippen molar-refractivity contribution in [1.29, 1.82) is 0 Å². The number of aromatic nitrogens is 3. The molecule has 4 rings (SSSR count). The third-order valence-electron chi connectivity index (χ3n) is 5.01. The number of benzene rings is 1. The van der Waals surface area contributed by atoms with Gasteiger partial charge in [0.05, 0.1) is 17.0 Å². The van der Waals surface area contributed by atoms with Gasteiger partial charge >= 0.3 is 11.6 Å². The molecule has 12 nitrogen and oxygen atoms in total. The fourth-order valence-corrected chi connectivity index (χ4v) is 3.61. The van der Waals surface area contributed by atoms with Crippen LogP contribution in [-0.4, -0.2) is 50.8 Å². The molecule has 1 aliphatic rings. The Bertz CT molecular complexity index is 1200. The lowest BCUT2D eigenvalue weighted by Crippen LogP contribution is -2.46. The van der Waals surface area contributed by atoms with Crippen molar-refractivity contribution in [3.8, 4) is 11.6 Å². The number of carbonyl (C=O) groups excluding carboxylic acids is 2. The first-order chi connectivity index (χ1) is 15.4. The fraction of sp³-hybridized carbons (Fsp3) is 0.250. The van der Waals surface area contributed by atoms with E-state index in [1.807, 2.05) is 6.07 Å². The van der Waals surface area contributed by atoms with Gasteiger partial charge in [0.25, 0.3) is 0 Å². The number of amides is 2. The van der Waals surface area contributed by atoms with E-state index in [0.717, 1.165) is 17.2 Å². The van der Waals surface area contributed by atoms with Gasteiger partial charge in [-0.2, -0.15) is 4.98 Å². The lowest BCUT2D eigenvalue weighted by Gasteiger charge is -2.24. The summed E-state index contributed by atoms with van der Waals surface area (Å²) in [4.78, 5) is 48.6. The number of anilines is 1. The molecule has 1 atom stereocenters. The molecule has 0 saturated carbocycles. The topological polar surface area (TPSA) is 166 Å². The quantitative estimate of drug-likeness (QED) is 0.409. The summed E-state index contributed by atoms with van der Waals surface area (Å²) in [5.74, 6) is -1.07. The van der Waals surface area contributed by atoms with Crippen molar-refractivity contribution in [2.45, 2.75) is 18.9 Å². The number of nitrogens with zero attached hydrogens (tertiary/aromatic N) is 5. The van der Waals surface area contributed by atoms with Crippen LogP contribution in [0.2, 0.25) is 0 Å². The molecule has 3 aromatic rings. The molecule has 0 unspecified atom stereocenters. The Hall–Kier alpha value is -4.35. The molecular weight excluding hydrogens is 418 g/mol. The van der Waals surface area contributed by atoms with Gasteiger partial charge in [0.15, 0.2) is 0 Å². The molecule has 0 spiro atoms. The molecule has 0 aliphatic carbocycles. The van der Waals surface area contributed by atoms with E-state index in [2.05, 4.69) is 20.3 Å². The Morgan fingerprint density at radius 3 is 2.91 bits per heavy atom. The van der Waals surface area contributed by atoms with Gasteiger partial charge in [-0.05, 0) is 37.1 Å². The highest BCUT2D eigenvalue weighted by atomic mass is 16.6. The zero-order chi connectivity index (χ0) is 22.7. The van der Waals surface area contributed by atoms with E-state index < -0.39 is 28.5 Å². The normalized spacial score (nSPS) is 15.5. The highest BCUT2D eigenvalue weighted by Crippen LogP contribution is 2.39. The number of ether oxygens (including phenoxy) is 1. The first kappa shape index (κ1) is 20.9. The van der Waals surface area contributed by atoms with E-state index in [0.29, 0.717) is 25.1 Å². The van der Waals surface area contributed by atoms with E-state index >= 15 is 0 Å². The summed E-state index contributed by atoms with van der Waals surface area (Å²) in [6, 6.07) is 7.95. The van der Waals surface area contributed by atoms with E-state index in [9.17, 15) is 19.7 Å². The summed E-state index contributed by atoms with van der Waals surface area (Å²) in [6.07, 6.45) is 3.87. The number of hydrogen-bond donors (Lipinski definition) is 2. The van der Waals surface area contributed by atoms with Crippen molar-refractivity contribution in [2.24, 2.45) is 5.73 Å². The first-order valence-corrected chi connectivity index (χ1v) is 9.78. The number of nitrogens with two attached hydrogens (primary N) is 1. The largest absolute Gasteiger partial charge is 0.434 e. The van der Waals surface area contributed by atoms with Crippen molar-refractivity contribution in [2.75, 3.05) is 18.0 Å². The molecule has 0 radical (unpaired) electrons. The van der Waals surface area contributed by atoms with Gasteiger partial charge in [-0.1, -0.05) is 6.07 Å². The molecule has 2 aromatic heterocycles. The van der Waals surface area contributed by atoms with E-state index in [4.69, 9.17) is 10.5 Å². The average molecular weight is 437 g/mol. The number of hydrogen-bond acceptors (Lipinski definition) is 9. The zero-order valence-electron chi connectivity index (χ0n) is 16.8. The molecular formula is C20H19N7O5. The molecule has 1 aliphatic heterocycles. The fourth-order valence-electron chi connectivity index (χ4n) is 3.61. The van der Waals surface area contributed by atoms with E-state index in [1.165, 1.54) is 4.90 Å². The van der Waals surface area contributed by atoms with Crippen LogP contribution < -0.4 is 20.7 Å². The third kappa shape index (κ3) is 4.24. The summed E-state index contributed by atoms with van der Waals surface area (Å²) in [5, 5.41) is 15.2. The molecule has 1 saturated heterocycles. The molecule has 0 bridgehead atoms. The van der Waals surface area contributed by atoms with Crippen LogP contribution in [0, 0.1) is 10.1 Å². The van der Waals surface area contributed by atoms with Crippen molar-refractivity contribution in [3.63, 3.8) is 0 Å². The Labute approximate surface area is 181 Å². The monoisotopic (exact) mass is 437 g/mol. The van der Waals surface area contributed by atoms with Crippen molar-refractivity contribution in [1.82, 2.24) is 20.3 Å². The highest BCUT2D eigenvalue weighted by Gasteiger charge is 2.38. The molecule has 2 amide bonds. The summed E-state index contributed by atoms with van der Waals surface area (Å²) in [5.41, 5.74) is 5.38. The van der Waals surface area contributed by atoms with Gasteiger partial charge in [0.2, 0.25) is 17.6 Å². The SMILES string of the molecule is NC(=O)CNC(=O)[C@@H]1CCCN1c1ncnc(Oc2ccc3ncccc3c2)c1[N+](=O)[O-]. The minimum atomic E-state index is -0.734. The number of nitrogens with one attached hydrogen (secondary N) is 1. The predicted molar refractivity (Wildman–Crippen MR) is 113 cm³/mol. The number of fused-ring (bicyclic) bond motifs is 1. The van der Waals surface area contributed by atoms with Crippen LogP contribution in [0.4, 0.5) is 11.5 Å². The Morgan fingerprint density at radius 2 is 2.12 bits per heavy atom. The van der Waals surface area contributed by atoms with Crippen LogP contribution in [-0.2, 0) is 9.59 Å². The number of nitro groups is 1. The Morgan fingerprint density at radius 1 is 1.28 bits per heavy atom. The van der Waals surface area contributed by atoms with Gasteiger partial charge in [-0.15, -0.1) is 0 Å². The van der Waals surface area contributed by atoms with Crippen LogP contribution in [0.15, 0.2) is 42.9 Å². The molecule has 1 fully saturated rings. The summed E-state index contributed by atoms with van der Waals surface area (Å²) in [6.45, 7) is 0.0494. The van der Waals surface area contributed by atoms with Crippen LogP contribution in [0.5, 0.6) is 11.6 Å². The van der Waals surface area contributed by atoms with Gasteiger partial charge in [0, 0.05) is 18.1 Å². The van der Waals surface area contributed by atoms with Crippen LogP contribution in [0.25, 0.3) is 10.9 Å². The highest BCUT2D eigenvalue weighted by molar-refractivity contribution is 5.90.